The van der Waals surface area contributed by atoms with Crippen molar-refractivity contribution in [2.45, 2.75) is 18.0 Å². The van der Waals surface area contributed by atoms with Crippen molar-refractivity contribution in [3.05, 3.63) is 69.8 Å². The lowest BCUT2D eigenvalue weighted by Gasteiger charge is -2.27. The van der Waals surface area contributed by atoms with Gasteiger partial charge in [-0.3, -0.25) is 15.0 Å². The summed E-state index contributed by atoms with van der Waals surface area (Å²) in [6.07, 6.45) is 0. The van der Waals surface area contributed by atoms with Gasteiger partial charge in [-0.1, -0.05) is 24.3 Å². The normalized spacial score (nSPS) is 15.6. The maximum absolute atomic E-state index is 12.3. The first kappa shape index (κ1) is 19.4. The lowest BCUT2D eigenvalue weighted by Crippen LogP contribution is -2.42. The van der Waals surface area contributed by atoms with E-state index in [1.807, 2.05) is 24.3 Å². The highest BCUT2D eigenvalue weighted by Gasteiger charge is 2.16. The van der Waals surface area contributed by atoms with Gasteiger partial charge >= 0.3 is 0 Å². The Morgan fingerprint density at radius 3 is 2.19 bits per heavy atom. The lowest BCUT2D eigenvalue weighted by molar-refractivity contribution is -0.384. The van der Waals surface area contributed by atoms with Gasteiger partial charge in [0, 0.05) is 51.4 Å². The first-order valence-electron chi connectivity index (χ1n) is 8.69. The Kier molecular flexibility index (Phi) is 6.17. The van der Waals surface area contributed by atoms with Crippen LogP contribution in [-0.4, -0.2) is 44.4 Å². The Morgan fingerprint density at radius 1 is 1.00 bits per heavy atom. The third kappa shape index (κ3) is 5.33. The predicted molar refractivity (Wildman–Crippen MR) is 102 cm³/mol. The second-order valence-electron chi connectivity index (χ2n) is 6.42. The number of nitro groups is 1. The van der Waals surface area contributed by atoms with Crippen molar-refractivity contribution >= 4 is 15.7 Å². The van der Waals surface area contributed by atoms with E-state index in [-0.39, 0.29) is 17.1 Å². The van der Waals surface area contributed by atoms with Gasteiger partial charge in [0.1, 0.15) is 0 Å². The zero-order valence-corrected chi connectivity index (χ0v) is 15.6. The Morgan fingerprint density at radius 2 is 1.59 bits per heavy atom. The van der Waals surface area contributed by atoms with Gasteiger partial charge in [0.15, 0.2) is 0 Å². The molecule has 2 aromatic carbocycles. The number of rotatable bonds is 7. The summed E-state index contributed by atoms with van der Waals surface area (Å²) in [5.74, 6) is 0. The summed E-state index contributed by atoms with van der Waals surface area (Å²) in [6.45, 7) is 5.10. The number of nitrogens with one attached hydrogen (secondary N) is 2. The van der Waals surface area contributed by atoms with E-state index in [1.54, 1.807) is 0 Å². The molecule has 9 heteroatoms. The molecule has 1 heterocycles. The van der Waals surface area contributed by atoms with Crippen LogP contribution < -0.4 is 10.0 Å². The zero-order chi connectivity index (χ0) is 19.3. The molecule has 3 rings (SSSR count). The third-order valence-electron chi connectivity index (χ3n) is 4.46. The van der Waals surface area contributed by atoms with E-state index in [1.165, 1.54) is 29.8 Å². The van der Waals surface area contributed by atoms with Crippen LogP contribution in [0.25, 0.3) is 0 Å². The summed E-state index contributed by atoms with van der Waals surface area (Å²) >= 11 is 0. The lowest BCUT2D eigenvalue weighted by atomic mass is 10.1. The van der Waals surface area contributed by atoms with Crippen LogP contribution in [-0.2, 0) is 23.1 Å². The van der Waals surface area contributed by atoms with Gasteiger partial charge in [-0.2, -0.15) is 0 Å². The molecular weight excluding hydrogens is 368 g/mol. The first-order valence-corrected chi connectivity index (χ1v) is 10.2. The third-order valence-corrected chi connectivity index (χ3v) is 5.88. The summed E-state index contributed by atoms with van der Waals surface area (Å²) in [4.78, 5) is 12.5. The van der Waals surface area contributed by atoms with Crippen LogP contribution in [0.15, 0.2) is 53.4 Å². The zero-order valence-electron chi connectivity index (χ0n) is 14.8. The molecular formula is C18H22N4O4S. The molecule has 1 saturated heterocycles. The summed E-state index contributed by atoms with van der Waals surface area (Å²) in [7, 11) is -3.72. The summed E-state index contributed by atoms with van der Waals surface area (Å²) in [5.41, 5.74) is 1.90. The van der Waals surface area contributed by atoms with Crippen LogP contribution in [0, 0.1) is 10.1 Å². The second-order valence-corrected chi connectivity index (χ2v) is 8.19. The number of sulfonamides is 1. The van der Waals surface area contributed by atoms with Crippen molar-refractivity contribution in [3.8, 4) is 0 Å². The highest BCUT2D eigenvalue weighted by molar-refractivity contribution is 7.89. The van der Waals surface area contributed by atoms with E-state index < -0.39 is 14.9 Å². The standard InChI is InChI=1S/C18H22N4O4S/c23-22(24)17-5-7-18(8-6-17)27(25,26)20-13-15-1-3-16(4-2-15)14-21-11-9-19-10-12-21/h1-8,19-20H,9-14H2. The molecule has 0 radical (unpaired) electrons. The van der Waals surface area contributed by atoms with E-state index in [0.29, 0.717) is 0 Å². The van der Waals surface area contributed by atoms with Crippen LogP contribution in [0.4, 0.5) is 5.69 Å². The molecule has 0 bridgehead atoms. The van der Waals surface area contributed by atoms with Crippen molar-refractivity contribution < 1.29 is 13.3 Å². The van der Waals surface area contributed by atoms with Crippen LogP contribution in [0.1, 0.15) is 11.1 Å². The second kappa shape index (κ2) is 8.57. The molecule has 2 aromatic rings. The topological polar surface area (TPSA) is 105 Å². The van der Waals surface area contributed by atoms with Crippen LogP contribution in [0.2, 0.25) is 0 Å². The van der Waals surface area contributed by atoms with Gasteiger partial charge in [-0.25, -0.2) is 13.1 Å². The highest BCUT2D eigenvalue weighted by atomic mass is 32.2. The number of nitro benzene ring substituents is 1. The minimum atomic E-state index is -3.72. The van der Waals surface area contributed by atoms with Crippen LogP contribution in [0.5, 0.6) is 0 Å². The molecule has 144 valence electrons. The summed E-state index contributed by atoms with van der Waals surface area (Å²) in [5, 5.41) is 14.0. The molecule has 2 N–H and O–H groups in total. The molecule has 1 aliphatic rings. The van der Waals surface area contributed by atoms with Gasteiger partial charge in [-0.05, 0) is 23.3 Å². The Labute approximate surface area is 158 Å². The van der Waals surface area contributed by atoms with E-state index in [2.05, 4.69) is 14.9 Å². The molecule has 8 nitrogen and oxygen atoms in total. The minimum absolute atomic E-state index is 0.00317. The maximum Gasteiger partial charge on any atom is 0.269 e. The fourth-order valence-corrected chi connectivity index (χ4v) is 3.92. The molecule has 27 heavy (non-hydrogen) atoms. The minimum Gasteiger partial charge on any atom is -0.314 e. The number of benzene rings is 2. The first-order chi connectivity index (χ1) is 12.9. The molecule has 1 aliphatic heterocycles. The molecule has 0 atom stereocenters. The number of hydrogen-bond donors (Lipinski definition) is 2. The van der Waals surface area contributed by atoms with Gasteiger partial charge in [-0.15, -0.1) is 0 Å². The Hall–Kier alpha value is -2.33. The number of piperazine rings is 1. The number of hydrogen-bond acceptors (Lipinski definition) is 6. The van der Waals surface area contributed by atoms with E-state index in [9.17, 15) is 18.5 Å². The van der Waals surface area contributed by atoms with Gasteiger partial charge in [0.05, 0.1) is 9.82 Å². The SMILES string of the molecule is O=[N+]([O-])c1ccc(S(=O)(=O)NCc2ccc(CN3CCNCC3)cc2)cc1. The molecule has 1 fully saturated rings. The van der Waals surface area contributed by atoms with Crippen molar-refractivity contribution in [1.29, 1.82) is 0 Å². The summed E-state index contributed by atoms with van der Waals surface area (Å²) in [6, 6.07) is 12.7. The van der Waals surface area contributed by atoms with Crippen molar-refractivity contribution in [2.24, 2.45) is 0 Å². The Bertz CT molecular complexity index is 877. The molecule has 0 spiro atoms. The number of non-ortho nitro benzene ring substituents is 1. The maximum atomic E-state index is 12.3. The van der Waals surface area contributed by atoms with Crippen molar-refractivity contribution in [2.75, 3.05) is 26.2 Å². The van der Waals surface area contributed by atoms with E-state index in [0.717, 1.165) is 38.3 Å². The average Bonchev–Trinajstić information content (AvgIpc) is 2.68. The van der Waals surface area contributed by atoms with Crippen molar-refractivity contribution in [1.82, 2.24) is 14.9 Å². The molecule has 0 unspecified atom stereocenters. The Balaban J connectivity index is 1.57. The van der Waals surface area contributed by atoms with Gasteiger partial charge in [0.2, 0.25) is 10.0 Å². The largest absolute Gasteiger partial charge is 0.314 e. The molecule has 0 aliphatic carbocycles. The van der Waals surface area contributed by atoms with Crippen molar-refractivity contribution in [3.63, 3.8) is 0 Å². The highest BCUT2D eigenvalue weighted by Crippen LogP contribution is 2.16. The van der Waals surface area contributed by atoms with E-state index in [4.69, 9.17) is 0 Å². The van der Waals surface area contributed by atoms with Crippen LogP contribution in [0.3, 0.4) is 0 Å². The fourth-order valence-electron chi connectivity index (χ4n) is 2.90. The molecule has 0 saturated carbocycles. The quantitative estimate of drug-likeness (QED) is 0.548. The van der Waals surface area contributed by atoms with Gasteiger partial charge < -0.3 is 5.32 Å². The predicted octanol–water partition coefficient (Wildman–Crippen LogP) is 1.48. The van der Waals surface area contributed by atoms with Gasteiger partial charge in [0.25, 0.3) is 5.69 Å². The average molecular weight is 390 g/mol. The number of nitrogens with zero attached hydrogens (tertiary/aromatic N) is 2. The van der Waals surface area contributed by atoms with Crippen LogP contribution >= 0.6 is 0 Å². The molecule has 0 aromatic heterocycles. The summed E-state index contributed by atoms with van der Waals surface area (Å²) < 4.78 is 27.2. The smallest absolute Gasteiger partial charge is 0.269 e. The molecule has 0 amide bonds. The monoisotopic (exact) mass is 390 g/mol. The fraction of sp³-hybridized carbons (Fsp3) is 0.333. The van der Waals surface area contributed by atoms with E-state index >= 15 is 0 Å².